The summed E-state index contributed by atoms with van der Waals surface area (Å²) in [6, 6.07) is 5.55. The third-order valence-corrected chi connectivity index (χ3v) is 3.91. The maximum absolute atomic E-state index is 10.5. The van der Waals surface area contributed by atoms with Gasteiger partial charge in [-0.1, -0.05) is 0 Å². The molecule has 6 heteroatoms. The maximum atomic E-state index is 10.5. The molecule has 1 aliphatic rings. The van der Waals surface area contributed by atoms with E-state index in [2.05, 4.69) is 20.6 Å². The van der Waals surface area contributed by atoms with Crippen molar-refractivity contribution in [1.82, 2.24) is 15.3 Å². The Labute approximate surface area is 123 Å². The lowest BCUT2D eigenvalue weighted by atomic mass is 9.92. The van der Waals surface area contributed by atoms with Gasteiger partial charge < -0.3 is 20.5 Å². The van der Waals surface area contributed by atoms with Crippen molar-refractivity contribution in [2.45, 2.75) is 18.4 Å². The Balaban J connectivity index is 1.82. The van der Waals surface area contributed by atoms with Gasteiger partial charge in [0.15, 0.2) is 0 Å². The number of aromatic nitrogens is 2. The first kappa shape index (κ1) is 14.0. The number of hydrogen-bond acceptors (Lipinski definition) is 6. The van der Waals surface area contributed by atoms with Crippen LogP contribution in [-0.2, 0) is 0 Å². The minimum Gasteiger partial charge on any atom is -0.481 e. The van der Waals surface area contributed by atoms with Gasteiger partial charge in [-0.05, 0) is 38.1 Å². The van der Waals surface area contributed by atoms with E-state index < -0.39 is 5.60 Å². The molecular formula is C15H20N4O2. The molecule has 3 rings (SSSR count). The van der Waals surface area contributed by atoms with Gasteiger partial charge in [-0.15, -0.1) is 0 Å². The molecule has 6 nitrogen and oxygen atoms in total. The van der Waals surface area contributed by atoms with Crippen LogP contribution in [0.5, 0.6) is 5.88 Å². The maximum Gasteiger partial charge on any atom is 0.213 e. The summed E-state index contributed by atoms with van der Waals surface area (Å²) in [7, 11) is 1.59. The zero-order valence-corrected chi connectivity index (χ0v) is 12.1. The summed E-state index contributed by atoms with van der Waals surface area (Å²) in [6.45, 7) is 2.20. The zero-order chi connectivity index (χ0) is 14.7. The summed E-state index contributed by atoms with van der Waals surface area (Å²) >= 11 is 0. The Morgan fingerprint density at radius 1 is 1.33 bits per heavy atom. The summed E-state index contributed by atoms with van der Waals surface area (Å²) in [5, 5.41) is 17.1. The van der Waals surface area contributed by atoms with Crippen LogP contribution in [0, 0.1) is 0 Å². The quantitative estimate of drug-likeness (QED) is 0.783. The fourth-order valence-corrected chi connectivity index (χ4v) is 2.59. The summed E-state index contributed by atoms with van der Waals surface area (Å²) in [6.07, 6.45) is 3.24. The van der Waals surface area contributed by atoms with Crippen molar-refractivity contribution in [2.75, 3.05) is 32.1 Å². The van der Waals surface area contributed by atoms with Gasteiger partial charge >= 0.3 is 0 Å². The highest BCUT2D eigenvalue weighted by atomic mass is 16.5. The molecule has 3 N–H and O–H groups in total. The van der Waals surface area contributed by atoms with Gasteiger partial charge in [0.05, 0.1) is 23.9 Å². The lowest BCUT2D eigenvalue weighted by molar-refractivity contribution is 0.0232. The minimum absolute atomic E-state index is 0.507. The summed E-state index contributed by atoms with van der Waals surface area (Å²) in [5.41, 5.74) is 1.76. The fraction of sp³-hybridized carbons (Fsp3) is 0.467. The number of fused-ring (bicyclic) bond motifs is 1. The third kappa shape index (κ3) is 3.06. The third-order valence-electron chi connectivity index (χ3n) is 3.91. The largest absolute Gasteiger partial charge is 0.481 e. The molecule has 0 spiro atoms. The zero-order valence-electron chi connectivity index (χ0n) is 12.1. The van der Waals surface area contributed by atoms with Crippen LogP contribution < -0.4 is 15.4 Å². The number of nitrogens with zero attached hydrogens (tertiary/aromatic N) is 2. The van der Waals surface area contributed by atoms with Gasteiger partial charge in [0, 0.05) is 18.8 Å². The molecular weight excluding hydrogens is 268 g/mol. The number of piperidine rings is 1. The normalized spacial score (nSPS) is 17.6. The summed E-state index contributed by atoms with van der Waals surface area (Å²) in [5.74, 6) is 0.555. The van der Waals surface area contributed by atoms with Crippen molar-refractivity contribution in [3.8, 4) is 5.88 Å². The molecule has 0 atom stereocenters. The van der Waals surface area contributed by atoms with Crippen LogP contribution in [0.25, 0.3) is 11.0 Å². The molecule has 0 aliphatic carbocycles. The highest BCUT2D eigenvalue weighted by Crippen LogP contribution is 2.24. The molecule has 2 aromatic rings. The van der Waals surface area contributed by atoms with Crippen LogP contribution in [0.4, 0.5) is 5.69 Å². The van der Waals surface area contributed by atoms with Crippen LogP contribution in [-0.4, -0.2) is 47.4 Å². The predicted molar refractivity (Wildman–Crippen MR) is 81.6 cm³/mol. The van der Waals surface area contributed by atoms with E-state index in [1.54, 1.807) is 19.4 Å². The highest BCUT2D eigenvalue weighted by Gasteiger charge is 2.28. The van der Waals surface area contributed by atoms with Gasteiger partial charge in [0.2, 0.25) is 5.88 Å². The van der Waals surface area contributed by atoms with E-state index >= 15 is 0 Å². The van der Waals surface area contributed by atoms with Crippen molar-refractivity contribution in [3.05, 3.63) is 24.4 Å². The Hall–Kier alpha value is -1.92. The predicted octanol–water partition coefficient (Wildman–Crippen LogP) is 1.16. The monoisotopic (exact) mass is 288 g/mol. The number of rotatable bonds is 4. The van der Waals surface area contributed by atoms with Gasteiger partial charge in [-0.2, -0.15) is 0 Å². The molecule has 1 saturated heterocycles. The van der Waals surface area contributed by atoms with Gasteiger partial charge in [0.1, 0.15) is 5.52 Å². The summed E-state index contributed by atoms with van der Waals surface area (Å²) < 4.78 is 5.17. The Morgan fingerprint density at radius 2 is 2.14 bits per heavy atom. The van der Waals surface area contributed by atoms with Crippen LogP contribution in [0.15, 0.2) is 24.4 Å². The van der Waals surface area contributed by atoms with Crippen molar-refractivity contribution in [3.63, 3.8) is 0 Å². The van der Waals surface area contributed by atoms with Gasteiger partial charge in [-0.3, -0.25) is 4.98 Å². The number of aliphatic hydroxyl groups is 1. The van der Waals surface area contributed by atoms with Crippen LogP contribution >= 0.6 is 0 Å². The first-order chi connectivity index (χ1) is 10.2. The van der Waals surface area contributed by atoms with E-state index in [9.17, 15) is 5.11 Å². The molecule has 3 heterocycles. The molecule has 0 bridgehead atoms. The van der Waals surface area contributed by atoms with Gasteiger partial charge in [0.25, 0.3) is 0 Å². The molecule has 1 fully saturated rings. The summed E-state index contributed by atoms with van der Waals surface area (Å²) in [4.78, 5) is 8.74. The fourth-order valence-electron chi connectivity index (χ4n) is 2.59. The average molecular weight is 288 g/mol. The SMILES string of the molecule is COc1ccc2nccc(NCC3(O)CCNCC3)c2n1. The lowest BCUT2D eigenvalue weighted by Crippen LogP contribution is -2.46. The lowest BCUT2D eigenvalue weighted by Gasteiger charge is -2.33. The second-order valence-corrected chi connectivity index (χ2v) is 5.41. The number of nitrogens with one attached hydrogen (secondary N) is 2. The van der Waals surface area contributed by atoms with E-state index in [-0.39, 0.29) is 0 Å². The Morgan fingerprint density at radius 3 is 2.90 bits per heavy atom. The number of anilines is 1. The number of pyridine rings is 2. The van der Waals surface area contributed by atoms with Crippen LogP contribution in [0.2, 0.25) is 0 Å². The Bertz CT molecular complexity index is 626. The second kappa shape index (κ2) is 5.83. The van der Waals surface area contributed by atoms with E-state index in [0.717, 1.165) is 42.7 Å². The van der Waals surface area contributed by atoms with E-state index in [4.69, 9.17) is 4.74 Å². The molecule has 2 aromatic heterocycles. The molecule has 21 heavy (non-hydrogen) atoms. The molecule has 0 amide bonds. The van der Waals surface area contributed by atoms with Gasteiger partial charge in [-0.25, -0.2) is 4.98 Å². The smallest absolute Gasteiger partial charge is 0.213 e. The number of ether oxygens (including phenoxy) is 1. The molecule has 0 radical (unpaired) electrons. The highest BCUT2D eigenvalue weighted by molar-refractivity contribution is 5.87. The molecule has 0 aromatic carbocycles. The van der Waals surface area contributed by atoms with Crippen molar-refractivity contribution in [2.24, 2.45) is 0 Å². The Kier molecular flexibility index (Phi) is 3.90. The van der Waals surface area contributed by atoms with E-state index in [1.165, 1.54) is 0 Å². The minimum atomic E-state index is -0.667. The first-order valence-electron chi connectivity index (χ1n) is 7.17. The molecule has 112 valence electrons. The molecule has 1 aliphatic heterocycles. The topological polar surface area (TPSA) is 79.3 Å². The standard InChI is InChI=1S/C15H20N4O2/c1-21-13-3-2-11-14(19-13)12(4-7-17-11)18-10-15(20)5-8-16-9-6-15/h2-4,7,16,20H,5-6,8-10H2,1H3,(H,17,18). The van der Waals surface area contributed by atoms with Crippen molar-refractivity contribution in [1.29, 1.82) is 0 Å². The van der Waals surface area contributed by atoms with E-state index in [0.29, 0.717) is 12.4 Å². The second-order valence-electron chi connectivity index (χ2n) is 5.41. The average Bonchev–Trinajstić information content (AvgIpc) is 2.53. The van der Waals surface area contributed by atoms with Crippen molar-refractivity contribution >= 4 is 16.7 Å². The van der Waals surface area contributed by atoms with Crippen LogP contribution in [0.3, 0.4) is 0 Å². The van der Waals surface area contributed by atoms with Crippen molar-refractivity contribution < 1.29 is 9.84 Å². The first-order valence-corrected chi connectivity index (χ1v) is 7.17. The van der Waals surface area contributed by atoms with Crippen LogP contribution in [0.1, 0.15) is 12.8 Å². The molecule has 0 unspecified atom stereocenters. The number of hydrogen-bond donors (Lipinski definition) is 3. The number of methoxy groups -OCH3 is 1. The van der Waals surface area contributed by atoms with E-state index in [1.807, 2.05) is 12.1 Å². The molecule has 0 saturated carbocycles.